The Kier molecular flexibility index (Phi) is 6.99. The minimum absolute atomic E-state index is 0.0716. The lowest BCUT2D eigenvalue weighted by atomic mass is 10.2. The average molecular weight is 375 g/mol. The Bertz CT molecular complexity index is 724. The van der Waals surface area contributed by atoms with Crippen LogP contribution in [0.5, 0.6) is 0 Å². The summed E-state index contributed by atoms with van der Waals surface area (Å²) in [5, 5.41) is 2.81. The predicted molar refractivity (Wildman–Crippen MR) is 109 cm³/mol. The van der Waals surface area contributed by atoms with Gasteiger partial charge in [-0.3, -0.25) is 4.79 Å². The van der Waals surface area contributed by atoms with Gasteiger partial charge < -0.3 is 19.5 Å². The highest BCUT2D eigenvalue weighted by Gasteiger charge is 2.12. The first kappa shape index (κ1) is 20.2. The van der Waals surface area contributed by atoms with E-state index in [1.54, 1.807) is 0 Å². The zero-order chi connectivity index (χ0) is 19.2. The molecule has 0 radical (unpaired) electrons. The summed E-state index contributed by atoms with van der Waals surface area (Å²) in [5.41, 5.74) is 2.80. The number of carbonyl (C=O) groups excluding carboxylic acids is 1. The van der Waals surface area contributed by atoms with Crippen LogP contribution in [0.15, 0.2) is 36.8 Å². The smallest absolute Gasteiger partial charge is 0.221 e. The number of imidazole rings is 1. The first-order chi connectivity index (χ1) is 12.2. The second-order valence-electron chi connectivity index (χ2n) is 7.81. The minimum Gasteiger partial charge on any atom is -0.369 e. The van der Waals surface area contributed by atoms with Crippen LogP contribution in [0.25, 0.3) is 0 Å². The summed E-state index contributed by atoms with van der Waals surface area (Å²) >= 11 is 0. The molecule has 0 aliphatic heterocycles. The Morgan fingerprint density at radius 1 is 1.35 bits per heavy atom. The molecule has 0 aliphatic rings. The summed E-state index contributed by atoms with van der Waals surface area (Å²) in [6, 6.07) is 8.95. The van der Waals surface area contributed by atoms with Crippen molar-refractivity contribution in [1.82, 2.24) is 9.55 Å². The van der Waals surface area contributed by atoms with Gasteiger partial charge in [0, 0.05) is 46.2 Å². The first-order valence-electron chi connectivity index (χ1n) is 8.90. The van der Waals surface area contributed by atoms with Gasteiger partial charge in [0.05, 0.1) is 18.6 Å². The molecule has 0 spiro atoms. The summed E-state index contributed by atoms with van der Waals surface area (Å²) < 4.78 is 7.73. The Balaban J connectivity index is 1.87. The molecule has 1 amide bonds. The maximum atomic E-state index is 11.2. The molecule has 0 fully saturated rings. The highest BCUT2D eigenvalue weighted by atomic mass is 28.3. The van der Waals surface area contributed by atoms with Gasteiger partial charge in [-0.25, -0.2) is 4.98 Å². The van der Waals surface area contributed by atoms with Crippen molar-refractivity contribution in [2.75, 3.05) is 23.9 Å². The molecule has 0 atom stereocenters. The Morgan fingerprint density at radius 2 is 2.12 bits per heavy atom. The number of hydrogen-bond donors (Lipinski definition) is 1. The maximum absolute atomic E-state index is 11.2. The SMILES string of the molecule is CC(=O)Nc1cccc(N(C)Cc2cn(COCC[Si](C)(C)C)cn2)c1. The second kappa shape index (κ2) is 9.00. The van der Waals surface area contributed by atoms with Gasteiger partial charge in [0.2, 0.25) is 5.91 Å². The number of anilines is 2. The Labute approximate surface area is 157 Å². The van der Waals surface area contributed by atoms with E-state index in [1.807, 2.05) is 48.4 Å². The quantitative estimate of drug-likeness (QED) is 0.536. The second-order valence-corrected chi connectivity index (χ2v) is 13.4. The molecule has 0 saturated heterocycles. The number of hydrogen-bond acceptors (Lipinski definition) is 4. The normalized spacial score (nSPS) is 11.4. The van der Waals surface area contributed by atoms with Crippen LogP contribution < -0.4 is 10.2 Å². The highest BCUT2D eigenvalue weighted by molar-refractivity contribution is 6.76. The van der Waals surface area contributed by atoms with E-state index in [1.165, 1.54) is 13.0 Å². The molecule has 1 N–H and O–H groups in total. The van der Waals surface area contributed by atoms with Gasteiger partial charge in [-0.1, -0.05) is 25.7 Å². The largest absolute Gasteiger partial charge is 0.369 e. The van der Waals surface area contributed by atoms with Crippen molar-refractivity contribution in [1.29, 1.82) is 0 Å². The van der Waals surface area contributed by atoms with E-state index >= 15 is 0 Å². The van der Waals surface area contributed by atoms with Gasteiger partial charge >= 0.3 is 0 Å². The topological polar surface area (TPSA) is 59.4 Å². The Morgan fingerprint density at radius 3 is 2.81 bits per heavy atom. The molecular weight excluding hydrogens is 344 g/mol. The van der Waals surface area contributed by atoms with Crippen LogP contribution in [-0.4, -0.2) is 37.2 Å². The lowest BCUT2D eigenvalue weighted by Crippen LogP contribution is -2.21. The van der Waals surface area contributed by atoms with Crippen LogP contribution in [0.4, 0.5) is 11.4 Å². The standard InChI is InChI=1S/C19H30N4O2Si/c1-16(24)21-17-7-6-8-19(11-17)22(2)12-18-13-23(14-20-18)15-25-9-10-26(3,4)5/h6-8,11,13-14H,9-10,12,15H2,1-5H3,(H,21,24). The predicted octanol–water partition coefficient (Wildman–Crippen LogP) is 3.79. The fourth-order valence-corrected chi connectivity index (χ4v) is 3.22. The van der Waals surface area contributed by atoms with Crippen LogP contribution in [-0.2, 0) is 22.8 Å². The molecule has 1 aromatic carbocycles. The van der Waals surface area contributed by atoms with Gasteiger partial charge in [-0.15, -0.1) is 0 Å². The lowest BCUT2D eigenvalue weighted by molar-refractivity contribution is -0.114. The molecule has 0 saturated carbocycles. The fraction of sp³-hybridized carbons (Fsp3) is 0.474. The van der Waals surface area contributed by atoms with Gasteiger partial charge in [0.1, 0.15) is 6.73 Å². The zero-order valence-corrected chi connectivity index (χ0v) is 17.5. The number of aromatic nitrogens is 2. The van der Waals surface area contributed by atoms with E-state index in [2.05, 4.69) is 34.8 Å². The summed E-state index contributed by atoms with van der Waals surface area (Å²) in [4.78, 5) is 17.8. The molecule has 2 aromatic rings. The van der Waals surface area contributed by atoms with Crippen molar-refractivity contribution in [3.63, 3.8) is 0 Å². The zero-order valence-electron chi connectivity index (χ0n) is 16.5. The van der Waals surface area contributed by atoms with Crippen molar-refractivity contribution in [3.8, 4) is 0 Å². The molecule has 1 aromatic heterocycles. The van der Waals surface area contributed by atoms with Crippen LogP contribution in [0.2, 0.25) is 25.7 Å². The van der Waals surface area contributed by atoms with E-state index in [9.17, 15) is 4.79 Å². The van der Waals surface area contributed by atoms with Crippen LogP contribution in [0.3, 0.4) is 0 Å². The molecule has 0 unspecified atom stereocenters. The van der Waals surface area contributed by atoms with Crippen molar-refractivity contribution in [3.05, 3.63) is 42.5 Å². The number of rotatable bonds is 9. The van der Waals surface area contributed by atoms with Crippen LogP contribution in [0, 0.1) is 0 Å². The van der Waals surface area contributed by atoms with E-state index in [-0.39, 0.29) is 5.91 Å². The summed E-state index contributed by atoms with van der Waals surface area (Å²) in [7, 11) is 0.963. The van der Waals surface area contributed by atoms with Gasteiger partial charge in [-0.05, 0) is 24.2 Å². The molecule has 0 aliphatic carbocycles. The number of carbonyl (C=O) groups is 1. The highest BCUT2D eigenvalue weighted by Crippen LogP contribution is 2.20. The maximum Gasteiger partial charge on any atom is 0.221 e. The number of nitrogens with one attached hydrogen (secondary N) is 1. The van der Waals surface area contributed by atoms with Crippen molar-refractivity contribution in [2.24, 2.45) is 0 Å². The summed E-state index contributed by atoms with van der Waals surface area (Å²) in [6.45, 7) is 10.6. The number of nitrogens with zero attached hydrogens (tertiary/aromatic N) is 3. The molecular formula is C19H30N4O2Si. The molecule has 2 rings (SSSR count). The van der Waals surface area contributed by atoms with E-state index in [0.717, 1.165) is 23.7 Å². The molecule has 1 heterocycles. The lowest BCUT2D eigenvalue weighted by Gasteiger charge is -2.19. The first-order valence-corrected chi connectivity index (χ1v) is 12.6. The van der Waals surface area contributed by atoms with Gasteiger partial charge in [-0.2, -0.15) is 0 Å². The Hall–Kier alpha value is -2.12. The third kappa shape index (κ3) is 7.01. The minimum atomic E-state index is -1.05. The third-order valence-corrected chi connectivity index (χ3v) is 5.63. The van der Waals surface area contributed by atoms with Gasteiger partial charge in [0.25, 0.3) is 0 Å². The van der Waals surface area contributed by atoms with Crippen molar-refractivity contribution >= 4 is 25.4 Å². The van der Waals surface area contributed by atoms with E-state index in [0.29, 0.717) is 13.3 Å². The summed E-state index contributed by atoms with van der Waals surface area (Å²) in [6.07, 6.45) is 3.83. The summed E-state index contributed by atoms with van der Waals surface area (Å²) in [5.74, 6) is -0.0716. The van der Waals surface area contributed by atoms with Crippen LogP contribution >= 0.6 is 0 Å². The molecule has 142 valence electrons. The number of benzene rings is 1. The molecule has 0 bridgehead atoms. The van der Waals surface area contributed by atoms with Crippen molar-refractivity contribution < 1.29 is 9.53 Å². The number of amides is 1. The fourth-order valence-electron chi connectivity index (χ4n) is 2.47. The molecule has 7 heteroatoms. The van der Waals surface area contributed by atoms with Crippen molar-refractivity contribution in [2.45, 2.75) is 45.9 Å². The van der Waals surface area contributed by atoms with Crippen LogP contribution in [0.1, 0.15) is 12.6 Å². The average Bonchev–Trinajstić information content (AvgIpc) is 2.98. The van der Waals surface area contributed by atoms with E-state index in [4.69, 9.17) is 4.74 Å². The number of ether oxygens (including phenoxy) is 1. The molecule has 26 heavy (non-hydrogen) atoms. The molecule has 6 nitrogen and oxygen atoms in total. The van der Waals surface area contributed by atoms with E-state index < -0.39 is 8.07 Å². The van der Waals surface area contributed by atoms with Gasteiger partial charge in [0.15, 0.2) is 0 Å². The third-order valence-electron chi connectivity index (χ3n) is 3.93. The monoisotopic (exact) mass is 374 g/mol.